The molecule has 1 atom stereocenters. The third-order valence-electron chi connectivity index (χ3n) is 4.36. The van der Waals surface area contributed by atoms with Crippen molar-refractivity contribution in [1.82, 2.24) is 10.2 Å². The van der Waals surface area contributed by atoms with E-state index in [1.807, 2.05) is 0 Å². The van der Waals surface area contributed by atoms with Crippen molar-refractivity contribution < 1.29 is 0 Å². The molecule has 1 aromatic carbocycles. The molecule has 0 amide bonds. The van der Waals surface area contributed by atoms with Crippen LogP contribution >= 0.6 is 0 Å². The van der Waals surface area contributed by atoms with E-state index in [0.29, 0.717) is 18.0 Å². The maximum atomic E-state index is 3.63. The van der Waals surface area contributed by atoms with Gasteiger partial charge in [-0.3, -0.25) is 4.90 Å². The molecule has 20 heavy (non-hydrogen) atoms. The van der Waals surface area contributed by atoms with E-state index in [0.717, 1.165) is 13.1 Å². The van der Waals surface area contributed by atoms with E-state index < -0.39 is 0 Å². The molecule has 1 aliphatic heterocycles. The quantitative estimate of drug-likeness (QED) is 0.884. The van der Waals surface area contributed by atoms with Crippen molar-refractivity contribution in [3.63, 3.8) is 0 Å². The lowest BCUT2D eigenvalue weighted by Crippen LogP contribution is -2.46. The minimum atomic E-state index is 0.565. The second-order valence-corrected chi connectivity index (χ2v) is 6.72. The maximum Gasteiger partial charge on any atom is 0.0247 e. The fourth-order valence-corrected chi connectivity index (χ4v) is 3.15. The van der Waals surface area contributed by atoms with E-state index in [4.69, 9.17) is 0 Å². The smallest absolute Gasteiger partial charge is 0.0247 e. The van der Waals surface area contributed by atoms with Crippen LogP contribution < -0.4 is 5.32 Å². The number of hydrogen-bond donors (Lipinski definition) is 1. The van der Waals surface area contributed by atoms with Crippen molar-refractivity contribution in [2.24, 2.45) is 5.92 Å². The van der Waals surface area contributed by atoms with Gasteiger partial charge < -0.3 is 5.32 Å². The van der Waals surface area contributed by atoms with Gasteiger partial charge >= 0.3 is 0 Å². The van der Waals surface area contributed by atoms with E-state index in [9.17, 15) is 0 Å². The van der Waals surface area contributed by atoms with Crippen LogP contribution in [0.4, 0.5) is 0 Å². The molecule has 0 aliphatic carbocycles. The van der Waals surface area contributed by atoms with Crippen molar-refractivity contribution >= 4 is 0 Å². The lowest BCUT2D eigenvalue weighted by Gasteiger charge is -2.34. The normalized spacial score (nSPS) is 18.1. The minimum absolute atomic E-state index is 0.565. The molecule has 1 aromatic rings. The number of hydrogen-bond acceptors (Lipinski definition) is 2. The van der Waals surface area contributed by atoms with Crippen LogP contribution in [0.1, 0.15) is 45.2 Å². The molecule has 1 heterocycles. The largest absolute Gasteiger partial charge is 0.313 e. The molecule has 0 aromatic heterocycles. The molecule has 0 bridgehead atoms. The highest BCUT2D eigenvalue weighted by Crippen LogP contribution is 2.22. The van der Waals surface area contributed by atoms with Gasteiger partial charge in [-0.05, 0) is 36.4 Å². The van der Waals surface area contributed by atoms with E-state index in [1.165, 1.54) is 24.9 Å². The number of nitrogens with zero attached hydrogens (tertiary/aromatic N) is 1. The molecule has 2 rings (SSSR count). The monoisotopic (exact) mass is 274 g/mol. The fraction of sp³-hybridized carbons (Fsp3) is 0.667. The van der Waals surface area contributed by atoms with E-state index in [-0.39, 0.29) is 0 Å². The molecule has 0 spiro atoms. The van der Waals surface area contributed by atoms with Crippen molar-refractivity contribution in [3.8, 4) is 0 Å². The fourth-order valence-electron chi connectivity index (χ4n) is 3.15. The van der Waals surface area contributed by atoms with Crippen molar-refractivity contribution in [2.45, 2.75) is 59.2 Å². The number of nitrogens with one attached hydrogen (secondary N) is 1. The van der Waals surface area contributed by atoms with Gasteiger partial charge in [0.1, 0.15) is 0 Å². The van der Waals surface area contributed by atoms with Crippen LogP contribution in [0.5, 0.6) is 0 Å². The van der Waals surface area contributed by atoms with Gasteiger partial charge in [-0.15, -0.1) is 0 Å². The predicted molar refractivity (Wildman–Crippen MR) is 86.9 cm³/mol. The third kappa shape index (κ3) is 4.07. The van der Waals surface area contributed by atoms with Crippen LogP contribution in [-0.2, 0) is 13.0 Å². The highest BCUT2D eigenvalue weighted by Gasteiger charge is 2.24. The van der Waals surface area contributed by atoms with Crippen molar-refractivity contribution in [3.05, 3.63) is 35.4 Å². The molecule has 0 radical (unpaired) electrons. The lowest BCUT2D eigenvalue weighted by atomic mass is 10.0. The average Bonchev–Trinajstić information content (AvgIpc) is 2.60. The van der Waals surface area contributed by atoms with Gasteiger partial charge in [0.25, 0.3) is 0 Å². The third-order valence-corrected chi connectivity index (χ3v) is 4.36. The number of rotatable bonds is 5. The molecule has 2 nitrogen and oxygen atoms in total. The van der Waals surface area contributed by atoms with Crippen LogP contribution in [-0.4, -0.2) is 30.1 Å². The summed E-state index contributed by atoms with van der Waals surface area (Å²) < 4.78 is 0. The summed E-state index contributed by atoms with van der Waals surface area (Å²) in [5.74, 6) is 0.687. The molecule has 2 heteroatoms. The van der Waals surface area contributed by atoms with E-state index >= 15 is 0 Å². The van der Waals surface area contributed by atoms with E-state index in [2.05, 4.69) is 62.2 Å². The Bertz CT molecular complexity index is 412. The van der Waals surface area contributed by atoms with Crippen molar-refractivity contribution in [1.29, 1.82) is 0 Å². The summed E-state index contributed by atoms with van der Waals surface area (Å²) in [7, 11) is 0. The maximum absolute atomic E-state index is 3.63. The molecule has 1 unspecified atom stereocenters. The lowest BCUT2D eigenvalue weighted by molar-refractivity contribution is 0.143. The molecular weight excluding hydrogens is 244 g/mol. The first-order valence-electron chi connectivity index (χ1n) is 8.12. The van der Waals surface area contributed by atoms with E-state index in [1.54, 1.807) is 5.56 Å². The number of aryl methyl sites for hydroxylation is 1. The Hall–Kier alpha value is -0.860. The molecular formula is C18H30N2. The molecule has 1 aliphatic rings. The van der Waals surface area contributed by atoms with Crippen LogP contribution in [0.3, 0.4) is 0 Å². The molecule has 0 fully saturated rings. The Labute approximate surface area is 124 Å². The van der Waals surface area contributed by atoms with Gasteiger partial charge in [0.2, 0.25) is 0 Å². The SMILES string of the molecule is CC(C)NCC(C(C)C)N1CCCc2ccccc2C1. The summed E-state index contributed by atoms with van der Waals surface area (Å²) in [6, 6.07) is 10.2. The Balaban J connectivity index is 2.09. The summed E-state index contributed by atoms with van der Waals surface area (Å²) in [5.41, 5.74) is 3.08. The van der Waals surface area contributed by atoms with Crippen LogP contribution in [0.25, 0.3) is 0 Å². The Kier molecular flexibility index (Phi) is 5.62. The Morgan fingerprint density at radius 1 is 1.10 bits per heavy atom. The zero-order valence-electron chi connectivity index (χ0n) is 13.5. The van der Waals surface area contributed by atoms with Gasteiger partial charge in [-0.2, -0.15) is 0 Å². The standard InChI is InChI=1S/C18H30N2/c1-14(2)18(12-19-15(3)4)20-11-7-10-16-8-5-6-9-17(16)13-20/h5-6,8-9,14-15,18-19H,7,10-13H2,1-4H3. The summed E-state index contributed by atoms with van der Waals surface area (Å²) in [6.07, 6.45) is 2.51. The highest BCUT2D eigenvalue weighted by atomic mass is 15.2. The molecule has 112 valence electrons. The Morgan fingerprint density at radius 2 is 1.80 bits per heavy atom. The van der Waals surface area contributed by atoms with Crippen LogP contribution in [0, 0.1) is 5.92 Å². The van der Waals surface area contributed by atoms with Crippen molar-refractivity contribution in [2.75, 3.05) is 13.1 Å². The van der Waals surface area contributed by atoms with Gasteiger partial charge in [0.05, 0.1) is 0 Å². The molecule has 0 saturated heterocycles. The first kappa shape index (κ1) is 15.5. The minimum Gasteiger partial charge on any atom is -0.313 e. The van der Waals surface area contributed by atoms with Crippen LogP contribution in [0.2, 0.25) is 0 Å². The van der Waals surface area contributed by atoms with Crippen LogP contribution in [0.15, 0.2) is 24.3 Å². The van der Waals surface area contributed by atoms with Gasteiger partial charge in [-0.25, -0.2) is 0 Å². The van der Waals surface area contributed by atoms with Gasteiger partial charge in [0.15, 0.2) is 0 Å². The molecule has 0 saturated carbocycles. The second kappa shape index (κ2) is 7.24. The topological polar surface area (TPSA) is 15.3 Å². The zero-order valence-corrected chi connectivity index (χ0v) is 13.5. The summed E-state index contributed by atoms with van der Waals surface area (Å²) in [4.78, 5) is 2.69. The Morgan fingerprint density at radius 3 is 2.45 bits per heavy atom. The number of fused-ring (bicyclic) bond motifs is 1. The highest BCUT2D eigenvalue weighted by molar-refractivity contribution is 5.28. The number of benzene rings is 1. The summed E-state index contributed by atoms with van der Waals surface area (Å²) >= 11 is 0. The summed E-state index contributed by atoms with van der Waals surface area (Å²) in [6.45, 7) is 12.6. The molecule has 1 N–H and O–H groups in total. The second-order valence-electron chi connectivity index (χ2n) is 6.72. The zero-order chi connectivity index (χ0) is 14.5. The first-order chi connectivity index (χ1) is 9.58. The summed E-state index contributed by atoms with van der Waals surface area (Å²) in [5, 5.41) is 3.63. The van der Waals surface area contributed by atoms with Gasteiger partial charge in [-0.1, -0.05) is 52.0 Å². The van der Waals surface area contributed by atoms with Gasteiger partial charge in [0, 0.05) is 25.2 Å². The predicted octanol–water partition coefficient (Wildman–Crippen LogP) is 3.46. The first-order valence-corrected chi connectivity index (χ1v) is 8.12. The average molecular weight is 274 g/mol.